The van der Waals surface area contributed by atoms with E-state index in [2.05, 4.69) is 10.2 Å². The molecule has 1 aromatic heterocycles. The SMILES string of the molecule is COc1cc(N)ccc1-n1cn[nH]c1=O. The highest BCUT2D eigenvalue weighted by atomic mass is 16.5. The van der Waals surface area contributed by atoms with E-state index in [1.54, 1.807) is 18.2 Å². The Morgan fingerprint density at radius 1 is 1.53 bits per heavy atom. The minimum absolute atomic E-state index is 0.321. The van der Waals surface area contributed by atoms with Gasteiger partial charge in [0, 0.05) is 11.8 Å². The quantitative estimate of drug-likeness (QED) is 0.685. The first-order valence-electron chi connectivity index (χ1n) is 4.28. The van der Waals surface area contributed by atoms with Crippen molar-refractivity contribution < 1.29 is 4.74 Å². The molecule has 6 heteroatoms. The van der Waals surface area contributed by atoms with E-state index in [1.807, 2.05) is 0 Å². The molecule has 0 aliphatic rings. The standard InChI is InChI=1S/C9H10N4O2/c1-15-8-4-6(10)2-3-7(8)13-5-11-12-9(13)14/h2-5H,10H2,1H3,(H,12,14). The van der Waals surface area contributed by atoms with Crippen LogP contribution in [0.3, 0.4) is 0 Å². The number of H-pyrrole nitrogens is 1. The minimum atomic E-state index is -0.321. The molecule has 2 rings (SSSR count). The normalized spacial score (nSPS) is 10.2. The first-order valence-corrected chi connectivity index (χ1v) is 4.28. The fourth-order valence-electron chi connectivity index (χ4n) is 1.31. The molecule has 0 fully saturated rings. The average Bonchev–Trinajstić information content (AvgIpc) is 2.64. The molecule has 3 N–H and O–H groups in total. The van der Waals surface area contributed by atoms with Crippen LogP contribution in [0.5, 0.6) is 5.75 Å². The van der Waals surface area contributed by atoms with Crippen molar-refractivity contribution in [2.45, 2.75) is 0 Å². The maximum Gasteiger partial charge on any atom is 0.347 e. The maximum atomic E-state index is 11.3. The van der Waals surface area contributed by atoms with E-state index in [9.17, 15) is 4.79 Å². The number of hydrogen-bond acceptors (Lipinski definition) is 4. The molecule has 0 spiro atoms. The topological polar surface area (TPSA) is 85.9 Å². The molecule has 0 saturated carbocycles. The van der Waals surface area contributed by atoms with Crippen molar-refractivity contribution in [3.05, 3.63) is 35.0 Å². The summed E-state index contributed by atoms with van der Waals surface area (Å²) in [6.07, 6.45) is 1.39. The van der Waals surface area contributed by atoms with Crippen molar-refractivity contribution in [2.24, 2.45) is 0 Å². The van der Waals surface area contributed by atoms with Crippen molar-refractivity contribution in [1.29, 1.82) is 0 Å². The van der Waals surface area contributed by atoms with Gasteiger partial charge in [-0.25, -0.2) is 14.5 Å². The number of nitrogens with two attached hydrogens (primary N) is 1. The molecular formula is C9H10N4O2. The Kier molecular flexibility index (Phi) is 2.17. The van der Waals surface area contributed by atoms with Gasteiger partial charge >= 0.3 is 5.69 Å². The molecule has 2 aromatic rings. The number of methoxy groups -OCH3 is 1. The van der Waals surface area contributed by atoms with Gasteiger partial charge in [-0.15, -0.1) is 0 Å². The lowest BCUT2D eigenvalue weighted by Gasteiger charge is -2.08. The lowest BCUT2D eigenvalue weighted by molar-refractivity contribution is 0.413. The highest BCUT2D eigenvalue weighted by molar-refractivity contribution is 5.55. The largest absolute Gasteiger partial charge is 0.494 e. The van der Waals surface area contributed by atoms with Crippen LogP contribution >= 0.6 is 0 Å². The lowest BCUT2D eigenvalue weighted by atomic mass is 10.2. The predicted molar refractivity (Wildman–Crippen MR) is 55.1 cm³/mol. The van der Waals surface area contributed by atoms with Gasteiger partial charge in [-0.1, -0.05) is 0 Å². The first-order chi connectivity index (χ1) is 7.22. The fraction of sp³-hybridized carbons (Fsp3) is 0.111. The van der Waals surface area contributed by atoms with Crippen molar-refractivity contribution in [3.8, 4) is 11.4 Å². The van der Waals surface area contributed by atoms with Gasteiger partial charge in [-0.2, -0.15) is 5.10 Å². The first kappa shape index (κ1) is 9.32. The molecule has 6 nitrogen and oxygen atoms in total. The van der Waals surface area contributed by atoms with E-state index in [0.717, 1.165) is 0 Å². The van der Waals surface area contributed by atoms with Crippen molar-refractivity contribution in [3.63, 3.8) is 0 Å². The summed E-state index contributed by atoms with van der Waals surface area (Å²) in [5.74, 6) is 0.526. The maximum absolute atomic E-state index is 11.3. The summed E-state index contributed by atoms with van der Waals surface area (Å²) in [5.41, 5.74) is 6.46. The number of aromatic nitrogens is 3. The van der Waals surface area contributed by atoms with Gasteiger partial charge in [-0.05, 0) is 12.1 Å². The Morgan fingerprint density at radius 2 is 2.33 bits per heavy atom. The highest BCUT2D eigenvalue weighted by Gasteiger charge is 2.07. The van der Waals surface area contributed by atoms with Crippen LogP contribution in [0, 0.1) is 0 Å². The van der Waals surface area contributed by atoms with Crippen LogP contribution in [-0.2, 0) is 0 Å². The van der Waals surface area contributed by atoms with Crippen LogP contribution in [0.15, 0.2) is 29.3 Å². The third-order valence-corrected chi connectivity index (χ3v) is 2.02. The highest BCUT2D eigenvalue weighted by Crippen LogP contribution is 2.23. The second-order valence-corrected chi connectivity index (χ2v) is 2.96. The molecule has 0 aliphatic carbocycles. The third-order valence-electron chi connectivity index (χ3n) is 2.02. The Labute approximate surface area is 85.3 Å². The van der Waals surface area contributed by atoms with Gasteiger partial charge in [-0.3, -0.25) is 0 Å². The molecule has 1 heterocycles. The third kappa shape index (κ3) is 1.56. The summed E-state index contributed by atoms with van der Waals surface area (Å²) < 4.78 is 6.47. The molecule has 0 radical (unpaired) electrons. The molecular weight excluding hydrogens is 196 g/mol. The van der Waals surface area contributed by atoms with Crippen LogP contribution in [0.1, 0.15) is 0 Å². The number of ether oxygens (including phenoxy) is 1. The molecule has 0 saturated heterocycles. The van der Waals surface area contributed by atoms with E-state index >= 15 is 0 Å². The van der Waals surface area contributed by atoms with Gasteiger partial charge in [0.1, 0.15) is 12.1 Å². The molecule has 78 valence electrons. The number of nitrogens with one attached hydrogen (secondary N) is 1. The van der Waals surface area contributed by atoms with E-state index < -0.39 is 0 Å². The van der Waals surface area contributed by atoms with Crippen molar-refractivity contribution in [2.75, 3.05) is 12.8 Å². The molecule has 0 bridgehead atoms. The second kappa shape index (κ2) is 3.49. The zero-order chi connectivity index (χ0) is 10.8. The van der Waals surface area contributed by atoms with Gasteiger partial charge < -0.3 is 10.5 Å². The summed E-state index contributed by atoms with van der Waals surface area (Å²) in [7, 11) is 1.52. The van der Waals surface area contributed by atoms with E-state index in [-0.39, 0.29) is 5.69 Å². The van der Waals surface area contributed by atoms with Gasteiger partial charge in [0.25, 0.3) is 0 Å². The summed E-state index contributed by atoms with van der Waals surface area (Å²) in [4.78, 5) is 11.3. The monoisotopic (exact) mass is 206 g/mol. The number of hydrogen-bond donors (Lipinski definition) is 2. The summed E-state index contributed by atoms with van der Waals surface area (Å²) in [6, 6.07) is 5.04. The number of nitrogens with zero attached hydrogens (tertiary/aromatic N) is 2. The van der Waals surface area contributed by atoms with Crippen LogP contribution in [0.25, 0.3) is 5.69 Å². The van der Waals surface area contributed by atoms with E-state index in [0.29, 0.717) is 17.1 Å². The average molecular weight is 206 g/mol. The molecule has 15 heavy (non-hydrogen) atoms. The summed E-state index contributed by atoms with van der Waals surface area (Å²) in [6.45, 7) is 0. The molecule has 0 amide bonds. The minimum Gasteiger partial charge on any atom is -0.494 e. The summed E-state index contributed by atoms with van der Waals surface area (Å²) in [5, 5.41) is 5.94. The zero-order valence-electron chi connectivity index (χ0n) is 8.10. The number of benzene rings is 1. The van der Waals surface area contributed by atoms with Crippen molar-refractivity contribution in [1.82, 2.24) is 14.8 Å². The van der Waals surface area contributed by atoms with Gasteiger partial charge in [0.05, 0.1) is 12.8 Å². The number of anilines is 1. The lowest BCUT2D eigenvalue weighted by Crippen LogP contribution is -2.14. The van der Waals surface area contributed by atoms with Crippen LogP contribution in [0.2, 0.25) is 0 Å². The van der Waals surface area contributed by atoms with Crippen molar-refractivity contribution >= 4 is 5.69 Å². The second-order valence-electron chi connectivity index (χ2n) is 2.96. The van der Waals surface area contributed by atoms with Crippen LogP contribution in [0.4, 0.5) is 5.69 Å². The van der Waals surface area contributed by atoms with Crippen LogP contribution in [-0.4, -0.2) is 21.9 Å². The smallest absolute Gasteiger partial charge is 0.347 e. The zero-order valence-corrected chi connectivity index (χ0v) is 8.10. The molecule has 1 aromatic carbocycles. The van der Waals surface area contributed by atoms with Gasteiger partial charge in [0.15, 0.2) is 0 Å². The number of rotatable bonds is 2. The molecule has 0 atom stereocenters. The Morgan fingerprint density at radius 3 is 2.93 bits per heavy atom. The van der Waals surface area contributed by atoms with Crippen LogP contribution < -0.4 is 16.2 Å². The Bertz CT molecular complexity index is 529. The predicted octanol–water partition coefficient (Wildman–Crippen LogP) is 0.151. The van der Waals surface area contributed by atoms with E-state index in [1.165, 1.54) is 18.0 Å². The summed E-state index contributed by atoms with van der Waals surface area (Å²) >= 11 is 0. The molecule has 0 unspecified atom stereocenters. The Balaban J connectivity index is 2.63. The number of nitrogen functional groups attached to an aromatic ring is 1. The van der Waals surface area contributed by atoms with E-state index in [4.69, 9.17) is 10.5 Å². The Hall–Kier alpha value is -2.24. The fourth-order valence-corrected chi connectivity index (χ4v) is 1.31. The number of aromatic amines is 1. The van der Waals surface area contributed by atoms with Gasteiger partial charge in [0.2, 0.25) is 0 Å². The molecule has 0 aliphatic heterocycles.